The Balaban J connectivity index is 2.59. The van der Waals surface area contributed by atoms with E-state index in [0.29, 0.717) is 6.61 Å². The molecular formula is C17H24O3. The molecule has 0 fully saturated rings. The first-order chi connectivity index (χ1) is 9.67. The molecule has 110 valence electrons. The number of aliphatic carboxylic acids is 1. The minimum atomic E-state index is -1.01. The summed E-state index contributed by atoms with van der Waals surface area (Å²) in [6.07, 6.45) is 6.85. The van der Waals surface area contributed by atoms with Crippen LogP contribution in [0.25, 0.3) is 6.08 Å². The molecule has 1 N–H and O–H groups in total. The summed E-state index contributed by atoms with van der Waals surface area (Å²) in [4.78, 5) is 11.2. The number of aryl methyl sites for hydroxylation is 1. The monoisotopic (exact) mass is 276 g/mol. The number of hydrogen-bond donors (Lipinski definition) is 1. The fourth-order valence-corrected chi connectivity index (χ4v) is 1.88. The van der Waals surface area contributed by atoms with Crippen LogP contribution in [-0.4, -0.2) is 17.7 Å². The summed E-state index contributed by atoms with van der Waals surface area (Å²) in [6.45, 7) is 4.70. The second-order valence-electron chi connectivity index (χ2n) is 4.82. The van der Waals surface area contributed by atoms with Crippen LogP contribution >= 0.6 is 0 Å². The average molecular weight is 276 g/mol. The van der Waals surface area contributed by atoms with Gasteiger partial charge in [-0.1, -0.05) is 57.4 Å². The molecule has 1 rings (SSSR count). The quantitative estimate of drug-likeness (QED) is 0.416. The molecule has 3 heteroatoms. The van der Waals surface area contributed by atoms with E-state index in [9.17, 15) is 4.79 Å². The fourth-order valence-electron chi connectivity index (χ4n) is 1.88. The molecular weight excluding hydrogens is 252 g/mol. The highest BCUT2D eigenvalue weighted by atomic mass is 16.5. The highest BCUT2D eigenvalue weighted by Gasteiger charge is 2.08. The normalized spacial score (nSPS) is 11.4. The van der Waals surface area contributed by atoms with Gasteiger partial charge in [0.15, 0.2) is 0 Å². The van der Waals surface area contributed by atoms with E-state index in [-0.39, 0.29) is 5.76 Å². The molecule has 0 aliphatic carbocycles. The predicted molar refractivity (Wildman–Crippen MR) is 81.5 cm³/mol. The number of carboxylic acids is 1. The third kappa shape index (κ3) is 5.91. The Morgan fingerprint density at radius 3 is 2.40 bits per heavy atom. The van der Waals surface area contributed by atoms with Crippen LogP contribution in [-0.2, 0) is 16.0 Å². The summed E-state index contributed by atoms with van der Waals surface area (Å²) in [5.74, 6) is -0.995. The number of carbonyl (C=O) groups is 1. The molecule has 0 atom stereocenters. The van der Waals surface area contributed by atoms with Crippen molar-refractivity contribution in [3.63, 3.8) is 0 Å². The van der Waals surface area contributed by atoms with Crippen molar-refractivity contribution in [3.05, 3.63) is 41.2 Å². The van der Waals surface area contributed by atoms with Gasteiger partial charge in [-0.2, -0.15) is 0 Å². The Labute approximate surface area is 121 Å². The molecule has 20 heavy (non-hydrogen) atoms. The Kier molecular flexibility index (Phi) is 7.48. The van der Waals surface area contributed by atoms with Gasteiger partial charge in [0.05, 0.1) is 6.61 Å². The van der Waals surface area contributed by atoms with Crippen molar-refractivity contribution < 1.29 is 14.6 Å². The summed E-state index contributed by atoms with van der Waals surface area (Å²) < 4.78 is 5.37. The molecule has 0 bridgehead atoms. The van der Waals surface area contributed by atoms with Crippen molar-refractivity contribution in [1.29, 1.82) is 0 Å². The van der Waals surface area contributed by atoms with E-state index in [0.717, 1.165) is 37.7 Å². The van der Waals surface area contributed by atoms with Crippen LogP contribution in [0.1, 0.15) is 50.7 Å². The summed E-state index contributed by atoms with van der Waals surface area (Å²) >= 11 is 0. The molecule has 0 aliphatic heterocycles. The zero-order valence-corrected chi connectivity index (χ0v) is 12.4. The van der Waals surface area contributed by atoms with E-state index in [1.165, 1.54) is 5.56 Å². The molecule has 1 aromatic carbocycles. The highest BCUT2D eigenvalue weighted by molar-refractivity contribution is 5.89. The smallest absolute Gasteiger partial charge is 0.371 e. The highest BCUT2D eigenvalue weighted by Crippen LogP contribution is 2.12. The van der Waals surface area contributed by atoms with E-state index in [1.807, 2.05) is 24.3 Å². The van der Waals surface area contributed by atoms with Crippen molar-refractivity contribution in [3.8, 4) is 0 Å². The summed E-state index contributed by atoms with van der Waals surface area (Å²) in [7, 11) is 0. The topological polar surface area (TPSA) is 46.5 Å². The van der Waals surface area contributed by atoms with Crippen molar-refractivity contribution in [1.82, 2.24) is 0 Å². The first kappa shape index (κ1) is 16.3. The number of rotatable bonds is 9. The van der Waals surface area contributed by atoms with Crippen LogP contribution in [0.2, 0.25) is 0 Å². The average Bonchev–Trinajstić information content (AvgIpc) is 2.46. The van der Waals surface area contributed by atoms with Crippen LogP contribution in [0, 0.1) is 0 Å². The standard InChI is InChI=1S/C17H24O3/c1-3-5-6-7-12-20-16(17(18)19)13-15-10-8-14(4-2)9-11-15/h8-11,13H,3-7,12H2,1-2H3,(H,18,19). The molecule has 0 aromatic heterocycles. The fraction of sp³-hybridized carbons (Fsp3) is 0.471. The van der Waals surface area contributed by atoms with Gasteiger partial charge in [0.1, 0.15) is 0 Å². The van der Waals surface area contributed by atoms with E-state index >= 15 is 0 Å². The minimum absolute atomic E-state index is 0.0192. The van der Waals surface area contributed by atoms with Gasteiger partial charge < -0.3 is 9.84 Å². The van der Waals surface area contributed by atoms with Crippen molar-refractivity contribution in [2.75, 3.05) is 6.61 Å². The first-order valence-electron chi connectivity index (χ1n) is 7.34. The largest absolute Gasteiger partial charge is 0.487 e. The number of carboxylic acid groups (broad SMARTS) is 1. The second kappa shape index (κ2) is 9.18. The number of ether oxygens (including phenoxy) is 1. The van der Waals surface area contributed by atoms with Crippen LogP contribution in [0.3, 0.4) is 0 Å². The van der Waals surface area contributed by atoms with Crippen LogP contribution in [0.4, 0.5) is 0 Å². The maximum absolute atomic E-state index is 11.2. The molecule has 0 amide bonds. The number of benzene rings is 1. The Bertz CT molecular complexity index is 432. The van der Waals surface area contributed by atoms with Crippen LogP contribution in [0.15, 0.2) is 30.0 Å². The summed E-state index contributed by atoms with van der Waals surface area (Å²) in [5.41, 5.74) is 2.09. The molecule has 0 aliphatic rings. The van der Waals surface area contributed by atoms with Gasteiger partial charge >= 0.3 is 5.97 Å². The first-order valence-corrected chi connectivity index (χ1v) is 7.34. The maximum atomic E-state index is 11.2. The van der Waals surface area contributed by atoms with Gasteiger partial charge in [0.2, 0.25) is 5.76 Å². The lowest BCUT2D eigenvalue weighted by Gasteiger charge is -2.07. The molecule has 0 saturated heterocycles. The Morgan fingerprint density at radius 1 is 1.15 bits per heavy atom. The van der Waals surface area contributed by atoms with Crippen molar-refractivity contribution in [2.45, 2.75) is 46.0 Å². The predicted octanol–water partition coefficient (Wildman–Crippen LogP) is 4.27. The molecule has 3 nitrogen and oxygen atoms in total. The van der Waals surface area contributed by atoms with Gasteiger partial charge in [-0.15, -0.1) is 0 Å². The molecule has 0 saturated carbocycles. The molecule has 0 radical (unpaired) electrons. The lowest BCUT2D eigenvalue weighted by Crippen LogP contribution is -2.06. The van der Waals surface area contributed by atoms with Gasteiger partial charge in [0, 0.05) is 0 Å². The van der Waals surface area contributed by atoms with Crippen LogP contribution in [0.5, 0.6) is 0 Å². The second-order valence-corrected chi connectivity index (χ2v) is 4.82. The molecule has 0 spiro atoms. The van der Waals surface area contributed by atoms with Crippen molar-refractivity contribution in [2.24, 2.45) is 0 Å². The Hall–Kier alpha value is -1.77. The lowest BCUT2D eigenvalue weighted by atomic mass is 10.1. The van der Waals surface area contributed by atoms with E-state index in [1.54, 1.807) is 6.08 Å². The summed E-state index contributed by atoms with van der Waals surface area (Å²) in [6, 6.07) is 7.85. The van der Waals surface area contributed by atoms with E-state index in [4.69, 9.17) is 9.84 Å². The molecule has 0 unspecified atom stereocenters. The van der Waals surface area contributed by atoms with Gasteiger partial charge in [-0.3, -0.25) is 0 Å². The molecule has 1 aromatic rings. The van der Waals surface area contributed by atoms with E-state index < -0.39 is 5.97 Å². The van der Waals surface area contributed by atoms with Gasteiger partial charge in [-0.25, -0.2) is 4.79 Å². The molecule has 0 heterocycles. The third-order valence-corrected chi connectivity index (χ3v) is 3.15. The lowest BCUT2D eigenvalue weighted by molar-refractivity contribution is -0.136. The van der Waals surface area contributed by atoms with Crippen LogP contribution < -0.4 is 0 Å². The summed E-state index contributed by atoms with van der Waals surface area (Å²) in [5, 5.41) is 9.14. The SMILES string of the molecule is CCCCCCOC(=Cc1ccc(CC)cc1)C(=O)O. The van der Waals surface area contributed by atoms with Gasteiger partial charge in [-0.05, 0) is 30.0 Å². The zero-order chi connectivity index (χ0) is 14.8. The van der Waals surface area contributed by atoms with Gasteiger partial charge in [0.25, 0.3) is 0 Å². The van der Waals surface area contributed by atoms with Crippen molar-refractivity contribution >= 4 is 12.0 Å². The third-order valence-electron chi connectivity index (χ3n) is 3.15. The maximum Gasteiger partial charge on any atom is 0.371 e. The minimum Gasteiger partial charge on any atom is -0.487 e. The Morgan fingerprint density at radius 2 is 1.85 bits per heavy atom. The zero-order valence-electron chi connectivity index (χ0n) is 12.4. The number of unbranched alkanes of at least 4 members (excludes halogenated alkanes) is 3. The number of hydrogen-bond acceptors (Lipinski definition) is 2. The van der Waals surface area contributed by atoms with E-state index in [2.05, 4.69) is 13.8 Å².